The molecule has 1 rings (SSSR count). The Bertz CT molecular complexity index is 530. The van der Waals surface area contributed by atoms with Crippen LogP contribution in [0.2, 0.25) is 0 Å². The van der Waals surface area contributed by atoms with E-state index in [1.54, 1.807) is 0 Å². The van der Waals surface area contributed by atoms with Crippen LogP contribution in [0.25, 0.3) is 0 Å². The number of hydrogen-bond donors (Lipinski definition) is 1. The summed E-state index contributed by atoms with van der Waals surface area (Å²) in [5.41, 5.74) is -0.904. The highest BCUT2D eigenvalue weighted by Crippen LogP contribution is 2.18. The van der Waals surface area contributed by atoms with Gasteiger partial charge in [0.15, 0.2) is 0 Å². The van der Waals surface area contributed by atoms with Gasteiger partial charge in [0.25, 0.3) is 5.91 Å². The van der Waals surface area contributed by atoms with Crippen molar-refractivity contribution in [1.29, 1.82) is 0 Å². The molecule has 0 aliphatic rings. The quantitative estimate of drug-likeness (QED) is 0.660. The summed E-state index contributed by atoms with van der Waals surface area (Å²) in [5.74, 6) is -1.43. The van der Waals surface area contributed by atoms with Crippen molar-refractivity contribution in [1.82, 2.24) is 10.2 Å². The zero-order valence-electron chi connectivity index (χ0n) is 11.9. The number of amides is 1. The van der Waals surface area contributed by atoms with Crippen LogP contribution in [-0.2, 0) is 0 Å². The van der Waals surface area contributed by atoms with E-state index in [0.717, 1.165) is 12.1 Å². The molecule has 20 heavy (non-hydrogen) atoms. The number of nitrogens with one attached hydrogen (secondary N) is 1. The first-order valence-electron chi connectivity index (χ1n) is 6.05. The van der Waals surface area contributed by atoms with Crippen LogP contribution in [0.15, 0.2) is 18.2 Å². The predicted molar refractivity (Wildman–Crippen MR) is 73.2 cm³/mol. The summed E-state index contributed by atoms with van der Waals surface area (Å²) in [4.78, 5) is 23.6. The Morgan fingerprint density at radius 3 is 2.55 bits per heavy atom. The van der Waals surface area contributed by atoms with Crippen LogP contribution < -0.4 is 5.32 Å². The molecule has 0 heterocycles. The maximum Gasteiger partial charge on any atom is 0.305 e. The summed E-state index contributed by atoms with van der Waals surface area (Å²) in [6.45, 7) is 4.25. The van der Waals surface area contributed by atoms with Gasteiger partial charge in [-0.15, -0.1) is 0 Å². The molecule has 0 radical (unpaired) electrons. The molecule has 0 saturated carbocycles. The van der Waals surface area contributed by atoms with E-state index in [-0.39, 0.29) is 11.1 Å². The summed E-state index contributed by atoms with van der Waals surface area (Å²) in [6.07, 6.45) is 0. The number of benzene rings is 1. The van der Waals surface area contributed by atoms with Crippen LogP contribution in [0.5, 0.6) is 0 Å². The number of nitro groups is 1. The van der Waals surface area contributed by atoms with Crippen molar-refractivity contribution in [3.63, 3.8) is 0 Å². The molecule has 0 atom stereocenters. The molecular weight excluding hydrogens is 265 g/mol. The van der Waals surface area contributed by atoms with E-state index < -0.39 is 22.3 Å². The Kier molecular flexibility index (Phi) is 4.78. The fourth-order valence-corrected chi connectivity index (χ4v) is 1.35. The maximum absolute atomic E-state index is 13.2. The average molecular weight is 283 g/mol. The SMILES string of the molecule is CN(C)C(C)(C)CNC(=O)c1ccc(F)c([N+](=O)[O-])c1. The fourth-order valence-electron chi connectivity index (χ4n) is 1.35. The van der Waals surface area contributed by atoms with Crippen molar-refractivity contribution < 1.29 is 14.1 Å². The lowest BCUT2D eigenvalue weighted by Gasteiger charge is -2.32. The van der Waals surface area contributed by atoms with Crippen LogP contribution >= 0.6 is 0 Å². The van der Waals surface area contributed by atoms with Gasteiger partial charge in [0, 0.05) is 23.7 Å². The van der Waals surface area contributed by atoms with E-state index in [0.29, 0.717) is 6.54 Å². The molecule has 1 aromatic rings. The third kappa shape index (κ3) is 3.74. The topological polar surface area (TPSA) is 75.5 Å². The van der Waals surface area contributed by atoms with Gasteiger partial charge in [-0.2, -0.15) is 4.39 Å². The molecule has 110 valence electrons. The monoisotopic (exact) mass is 283 g/mol. The van der Waals surface area contributed by atoms with Crippen molar-refractivity contribution in [3.05, 3.63) is 39.7 Å². The number of carbonyl (C=O) groups excluding carboxylic acids is 1. The first-order valence-corrected chi connectivity index (χ1v) is 6.05. The minimum atomic E-state index is -0.958. The molecule has 0 saturated heterocycles. The molecule has 0 fully saturated rings. The number of rotatable bonds is 5. The molecule has 0 aromatic heterocycles. The van der Waals surface area contributed by atoms with Gasteiger partial charge < -0.3 is 10.2 Å². The van der Waals surface area contributed by atoms with Crippen LogP contribution in [0.3, 0.4) is 0 Å². The molecule has 1 amide bonds. The van der Waals surface area contributed by atoms with Crippen LogP contribution in [0.4, 0.5) is 10.1 Å². The van der Waals surface area contributed by atoms with Crippen molar-refractivity contribution in [3.8, 4) is 0 Å². The van der Waals surface area contributed by atoms with Crippen LogP contribution in [-0.4, -0.2) is 41.9 Å². The van der Waals surface area contributed by atoms with Gasteiger partial charge in [-0.05, 0) is 40.1 Å². The minimum Gasteiger partial charge on any atom is -0.350 e. The second-order valence-corrected chi connectivity index (χ2v) is 5.31. The highest BCUT2D eigenvalue weighted by molar-refractivity contribution is 5.94. The van der Waals surface area contributed by atoms with Gasteiger partial charge in [-0.25, -0.2) is 0 Å². The highest BCUT2D eigenvalue weighted by Gasteiger charge is 2.22. The first-order chi connectivity index (χ1) is 9.15. The van der Waals surface area contributed by atoms with Crippen molar-refractivity contribution >= 4 is 11.6 Å². The standard InChI is InChI=1S/C13H18FN3O3/c1-13(2,16(3)4)8-15-12(18)9-5-6-10(14)11(7-9)17(19)20/h5-7H,8H2,1-4H3,(H,15,18). The van der Waals surface area contributed by atoms with Gasteiger partial charge in [0.1, 0.15) is 0 Å². The molecule has 7 heteroatoms. The zero-order chi connectivity index (χ0) is 15.5. The van der Waals surface area contributed by atoms with Gasteiger partial charge in [-0.1, -0.05) is 0 Å². The number of likely N-dealkylation sites (N-methyl/N-ethyl adjacent to an activating group) is 1. The number of carbonyl (C=O) groups is 1. The second-order valence-electron chi connectivity index (χ2n) is 5.31. The lowest BCUT2D eigenvalue weighted by atomic mass is 10.0. The molecule has 0 spiro atoms. The summed E-state index contributed by atoms with van der Waals surface area (Å²) in [6, 6.07) is 3.08. The van der Waals surface area contributed by atoms with Crippen molar-refractivity contribution in [2.24, 2.45) is 0 Å². The Labute approximate surface area is 116 Å². The van der Waals surface area contributed by atoms with Gasteiger partial charge in [-0.3, -0.25) is 14.9 Å². The van der Waals surface area contributed by atoms with E-state index in [9.17, 15) is 19.3 Å². The lowest BCUT2D eigenvalue weighted by Crippen LogP contribution is -2.48. The van der Waals surface area contributed by atoms with Gasteiger partial charge >= 0.3 is 5.69 Å². The Morgan fingerprint density at radius 2 is 2.05 bits per heavy atom. The molecule has 0 aliphatic heterocycles. The van der Waals surface area contributed by atoms with Gasteiger partial charge in [0.2, 0.25) is 5.82 Å². The lowest BCUT2D eigenvalue weighted by molar-refractivity contribution is -0.387. The Hall–Kier alpha value is -2.02. The molecule has 1 N–H and O–H groups in total. The molecule has 0 unspecified atom stereocenters. The van der Waals surface area contributed by atoms with Crippen molar-refractivity contribution in [2.75, 3.05) is 20.6 Å². The normalized spacial score (nSPS) is 11.5. The maximum atomic E-state index is 13.2. The smallest absolute Gasteiger partial charge is 0.305 e. The predicted octanol–water partition coefficient (Wildman–Crippen LogP) is 1.80. The summed E-state index contributed by atoms with van der Waals surface area (Å²) in [5, 5.41) is 13.3. The van der Waals surface area contributed by atoms with E-state index in [4.69, 9.17) is 0 Å². The van der Waals surface area contributed by atoms with Crippen LogP contribution in [0, 0.1) is 15.9 Å². The molecule has 0 aliphatic carbocycles. The summed E-state index contributed by atoms with van der Waals surface area (Å²) < 4.78 is 13.2. The van der Waals surface area contributed by atoms with Gasteiger partial charge in [0.05, 0.1) is 4.92 Å². The number of halogens is 1. The van der Waals surface area contributed by atoms with Crippen molar-refractivity contribution in [2.45, 2.75) is 19.4 Å². The summed E-state index contributed by atoms with van der Waals surface area (Å²) in [7, 11) is 3.77. The molecule has 6 nitrogen and oxygen atoms in total. The second kappa shape index (κ2) is 5.96. The first kappa shape index (κ1) is 16.0. The third-order valence-electron chi connectivity index (χ3n) is 3.30. The van der Waals surface area contributed by atoms with E-state index in [1.807, 2.05) is 32.8 Å². The largest absolute Gasteiger partial charge is 0.350 e. The highest BCUT2D eigenvalue weighted by atomic mass is 19.1. The van der Waals surface area contributed by atoms with E-state index in [1.165, 1.54) is 6.07 Å². The number of nitrogens with zero attached hydrogens (tertiary/aromatic N) is 2. The molecular formula is C13H18FN3O3. The Balaban J connectivity index is 2.84. The van der Waals surface area contributed by atoms with E-state index in [2.05, 4.69) is 5.32 Å². The minimum absolute atomic E-state index is 0.0626. The Morgan fingerprint density at radius 1 is 1.45 bits per heavy atom. The number of hydrogen-bond acceptors (Lipinski definition) is 4. The fraction of sp³-hybridized carbons (Fsp3) is 0.462. The third-order valence-corrected chi connectivity index (χ3v) is 3.30. The molecule has 0 bridgehead atoms. The summed E-state index contributed by atoms with van der Waals surface area (Å²) >= 11 is 0. The molecule has 1 aromatic carbocycles. The van der Waals surface area contributed by atoms with Crippen LogP contribution in [0.1, 0.15) is 24.2 Å². The average Bonchev–Trinajstić information content (AvgIpc) is 2.36. The number of nitro benzene ring substituents is 1. The zero-order valence-corrected chi connectivity index (χ0v) is 11.9. The van der Waals surface area contributed by atoms with E-state index >= 15 is 0 Å².